The Bertz CT molecular complexity index is 819. The first-order chi connectivity index (χ1) is 10.3. The molecule has 5 nitrogen and oxygen atoms in total. The van der Waals surface area contributed by atoms with Crippen LogP contribution < -0.4 is 10.0 Å². The molecule has 0 fully saturated rings. The number of amides is 1. The van der Waals surface area contributed by atoms with Gasteiger partial charge in [-0.05, 0) is 36.8 Å². The van der Waals surface area contributed by atoms with Gasteiger partial charge < -0.3 is 5.32 Å². The van der Waals surface area contributed by atoms with E-state index in [1.54, 1.807) is 31.2 Å². The first-order valence-corrected chi connectivity index (χ1v) is 8.30. The van der Waals surface area contributed by atoms with E-state index < -0.39 is 21.7 Å². The number of para-hydroxylation sites is 1. The van der Waals surface area contributed by atoms with Crippen LogP contribution in [0.25, 0.3) is 0 Å². The monoisotopic (exact) mass is 322 g/mol. The summed E-state index contributed by atoms with van der Waals surface area (Å²) >= 11 is 0. The summed E-state index contributed by atoms with van der Waals surface area (Å²) in [4.78, 5) is 12.2. The highest BCUT2D eigenvalue weighted by Crippen LogP contribution is 2.21. The third-order valence-corrected chi connectivity index (χ3v) is 3.59. The van der Waals surface area contributed by atoms with Gasteiger partial charge >= 0.3 is 0 Å². The number of carbonyl (C=O) groups is 1. The summed E-state index contributed by atoms with van der Waals surface area (Å²) in [5.41, 5.74) is 1.09. The molecule has 0 saturated heterocycles. The highest BCUT2D eigenvalue weighted by molar-refractivity contribution is 7.92. The summed E-state index contributed by atoms with van der Waals surface area (Å²) in [7, 11) is -3.45. The minimum atomic E-state index is -3.45. The Morgan fingerprint density at radius 3 is 2.32 bits per heavy atom. The quantitative estimate of drug-likeness (QED) is 0.909. The lowest BCUT2D eigenvalue weighted by Crippen LogP contribution is -2.16. The highest BCUT2D eigenvalue weighted by atomic mass is 32.2. The van der Waals surface area contributed by atoms with Crippen LogP contribution in [-0.4, -0.2) is 20.6 Å². The molecular weight excluding hydrogens is 307 g/mol. The van der Waals surface area contributed by atoms with Crippen LogP contribution >= 0.6 is 0 Å². The molecule has 0 atom stereocenters. The van der Waals surface area contributed by atoms with Crippen molar-refractivity contribution in [2.45, 2.75) is 6.92 Å². The van der Waals surface area contributed by atoms with E-state index in [1.165, 1.54) is 18.2 Å². The van der Waals surface area contributed by atoms with Crippen molar-refractivity contribution >= 4 is 27.3 Å². The molecule has 2 rings (SSSR count). The Balaban J connectivity index is 2.31. The summed E-state index contributed by atoms with van der Waals surface area (Å²) in [5, 5.41) is 2.47. The summed E-state index contributed by atoms with van der Waals surface area (Å²) in [6.07, 6.45) is 1.03. The van der Waals surface area contributed by atoms with Crippen LogP contribution in [0.4, 0.5) is 15.8 Å². The predicted octanol–water partition coefficient (Wildman–Crippen LogP) is 2.76. The minimum absolute atomic E-state index is 0.0633. The van der Waals surface area contributed by atoms with Crippen LogP contribution in [0, 0.1) is 12.7 Å². The maximum absolute atomic E-state index is 13.6. The molecule has 7 heteroatoms. The van der Waals surface area contributed by atoms with Crippen molar-refractivity contribution in [2.24, 2.45) is 0 Å². The average Bonchev–Trinajstić information content (AvgIpc) is 2.42. The Morgan fingerprint density at radius 1 is 1.05 bits per heavy atom. The topological polar surface area (TPSA) is 75.3 Å². The molecule has 0 saturated carbocycles. The third-order valence-electron chi connectivity index (χ3n) is 3.00. The SMILES string of the molecule is Cc1c(NS(C)(=O)=O)cccc1C(=O)Nc1ccccc1F. The van der Waals surface area contributed by atoms with Gasteiger partial charge in [0.05, 0.1) is 17.6 Å². The molecule has 2 N–H and O–H groups in total. The van der Waals surface area contributed by atoms with Crippen LogP contribution in [0.2, 0.25) is 0 Å². The van der Waals surface area contributed by atoms with Gasteiger partial charge in [0, 0.05) is 5.56 Å². The lowest BCUT2D eigenvalue weighted by molar-refractivity contribution is 0.102. The molecule has 22 heavy (non-hydrogen) atoms. The second-order valence-electron chi connectivity index (χ2n) is 4.79. The van der Waals surface area contributed by atoms with E-state index in [0.29, 0.717) is 11.3 Å². The van der Waals surface area contributed by atoms with Gasteiger partial charge in [-0.25, -0.2) is 12.8 Å². The first kappa shape index (κ1) is 16.0. The van der Waals surface area contributed by atoms with Crippen molar-refractivity contribution < 1.29 is 17.6 Å². The summed E-state index contributed by atoms with van der Waals surface area (Å²) in [5.74, 6) is -1.06. The lowest BCUT2D eigenvalue weighted by Gasteiger charge is -2.12. The smallest absolute Gasteiger partial charge is 0.256 e. The minimum Gasteiger partial charge on any atom is -0.319 e. The summed E-state index contributed by atoms with van der Waals surface area (Å²) < 4.78 is 38.5. The molecule has 116 valence electrons. The van der Waals surface area contributed by atoms with E-state index in [-0.39, 0.29) is 11.3 Å². The molecule has 0 heterocycles. The Labute approximate surface area is 128 Å². The van der Waals surface area contributed by atoms with E-state index in [2.05, 4.69) is 10.0 Å². The number of carbonyl (C=O) groups excluding carboxylic acids is 1. The normalized spacial score (nSPS) is 11.0. The largest absolute Gasteiger partial charge is 0.319 e. The lowest BCUT2D eigenvalue weighted by atomic mass is 10.1. The number of hydrogen-bond acceptors (Lipinski definition) is 3. The molecule has 0 aromatic heterocycles. The summed E-state index contributed by atoms with van der Waals surface area (Å²) in [6, 6.07) is 10.5. The number of hydrogen-bond donors (Lipinski definition) is 2. The zero-order chi connectivity index (χ0) is 16.3. The van der Waals surface area contributed by atoms with E-state index in [4.69, 9.17) is 0 Å². The van der Waals surface area contributed by atoms with Crippen molar-refractivity contribution in [3.05, 3.63) is 59.4 Å². The van der Waals surface area contributed by atoms with E-state index in [1.807, 2.05) is 0 Å². The van der Waals surface area contributed by atoms with E-state index >= 15 is 0 Å². The molecular formula is C15H15FN2O3S. The third kappa shape index (κ3) is 3.82. The molecule has 2 aromatic carbocycles. The van der Waals surface area contributed by atoms with Gasteiger partial charge in [-0.2, -0.15) is 0 Å². The second kappa shape index (κ2) is 6.15. The molecule has 0 spiro atoms. The number of sulfonamides is 1. The van der Waals surface area contributed by atoms with Crippen molar-refractivity contribution in [1.29, 1.82) is 0 Å². The molecule has 0 aliphatic heterocycles. The van der Waals surface area contributed by atoms with Gasteiger partial charge in [0.2, 0.25) is 10.0 Å². The van der Waals surface area contributed by atoms with Gasteiger partial charge in [0.1, 0.15) is 5.82 Å². The molecule has 0 aliphatic rings. The fourth-order valence-electron chi connectivity index (χ4n) is 1.94. The summed E-state index contributed by atoms with van der Waals surface area (Å²) in [6.45, 7) is 1.61. The second-order valence-corrected chi connectivity index (χ2v) is 6.53. The number of anilines is 2. The van der Waals surface area contributed by atoms with E-state index in [9.17, 15) is 17.6 Å². The molecule has 2 aromatic rings. The van der Waals surface area contributed by atoms with Crippen LogP contribution in [0.5, 0.6) is 0 Å². The van der Waals surface area contributed by atoms with Crippen molar-refractivity contribution in [1.82, 2.24) is 0 Å². The zero-order valence-electron chi connectivity index (χ0n) is 12.1. The number of benzene rings is 2. The average molecular weight is 322 g/mol. The van der Waals surface area contributed by atoms with Crippen molar-refractivity contribution in [2.75, 3.05) is 16.3 Å². The van der Waals surface area contributed by atoms with Crippen LogP contribution in [-0.2, 0) is 10.0 Å². The van der Waals surface area contributed by atoms with Crippen LogP contribution in [0.15, 0.2) is 42.5 Å². The van der Waals surface area contributed by atoms with Crippen LogP contribution in [0.3, 0.4) is 0 Å². The molecule has 0 unspecified atom stereocenters. The Hall–Kier alpha value is -2.41. The highest BCUT2D eigenvalue weighted by Gasteiger charge is 2.15. The number of halogens is 1. The van der Waals surface area contributed by atoms with Crippen molar-refractivity contribution in [3.63, 3.8) is 0 Å². The molecule has 0 radical (unpaired) electrons. The number of nitrogens with one attached hydrogen (secondary N) is 2. The van der Waals surface area contributed by atoms with Gasteiger partial charge in [0.25, 0.3) is 5.91 Å². The van der Waals surface area contributed by atoms with Gasteiger partial charge in [0.15, 0.2) is 0 Å². The Morgan fingerprint density at radius 2 is 1.68 bits per heavy atom. The maximum atomic E-state index is 13.6. The predicted molar refractivity (Wildman–Crippen MR) is 84.0 cm³/mol. The van der Waals surface area contributed by atoms with Gasteiger partial charge in [-0.3, -0.25) is 9.52 Å². The first-order valence-electron chi connectivity index (χ1n) is 6.41. The van der Waals surface area contributed by atoms with Gasteiger partial charge in [-0.1, -0.05) is 18.2 Å². The number of rotatable bonds is 4. The molecule has 1 amide bonds. The van der Waals surface area contributed by atoms with Gasteiger partial charge in [-0.15, -0.1) is 0 Å². The fraction of sp³-hybridized carbons (Fsp3) is 0.133. The Kier molecular flexibility index (Phi) is 4.46. The van der Waals surface area contributed by atoms with Crippen molar-refractivity contribution in [3.8, 4) is 0 Å². The molecule has 0 bridgehead atoms. The maximum Gasteiger partial charge on any atom is 0.256 e. The zero-order valence-corrected chi connectivity index (χ0v) is 12.9. The van der Waals surface area contributed by atoms with Crippen LogP contribution in [0.1, 0.15) is 15.9 Å². The fourth-order valence-corrected chi connectivity index (χ4v) is 2.56. The standard InChI is InChI=1S/C15H15FN2O3S/c1-10-11(6-5-9-13(10)18-22(2,20)21)15(19)17-14-8-4-3-7-12(14)16/h3-9,18H,1-2H3,(H,17,19). The molecule has 0 aliphatic carbocycles. The van der Waals surface area contributed by atoms with E-state index in [0.717, 1.165) is 6.26 Å².